The van der Waals surface area contributed by atoms with E-state index in [0.717, 1.165) is 42.6 Å². The molecule has 4 rings (SSSR count). The predicted octanol–water partition coefficient (Wildman–Crippen LogP) is 6.66. The van der Waals surface area contributed by atoms with E-state index in [9.17, 15) is 9.59 Å². The molecule has 4 nitrogen and oxygen atoms in total. The van der Waals surface area contributed by atoms with Gasteiger partial charge in [0.05, 0.1) is 0 Å². The van der Waals surface area contributed by atoms with Gasteiger partial charge in [0, 0.05) is 42.0 Å². The fourth-order valence-electron chi connectivity index (χ4n) is 4.78. The molecule has 0 bridgehead atoms. The Morgan fingerprint density at radius 2 is 1.49 bits per heavy atom. The summed E-state index contributed by atoms with van der Waals surface area (Å²) < 4.78 is 0. The molecule has 2 amide bonds. The number of nitrogens with one attached hydrogen (secondary N) is 1. The topological polar surface area (TPSA) is 49.4 Å². The SMILES string of the molecule is O=C(NC1CCCC1)[C@@H](Cc1ccccc1)N(Cc1ccc(Cl)cc1)C(=O)CCSCc1ccccc1. The summed E-state index contributed by atoms with van der Waals surface area (Å²) in [5, 5.41) is 3.91. The van der Waals surface area contributed by atoms with Crippen molar-refractivity contribution in [3.63, 3.8) is 0 Å². The van der Waals surface area contributed by atoms with Crippen LogP contribution in [0.3, 0.4) is 0 Å². The molecule has 194 valence electrons. The normalized spacial score (nSPS) is 14.3. The zero-order valence-electron chi connectivity index (χ0n) is 21.2. The second-order valence-corrected chi connectivity index (χ2v) is 11.2. The Kier molecular flexibility index (Phi) is 10.5. The van der Waals surface area contributed by atoms with Gasteiger partial charge in [-0.05, 0) is 41.7 Å². The highest BCUT2D eigenvalue weighted by Gasteiger charge is 2.32. The first-order valence-electron chi connectivity index (χ1n) is 13.1. The molecule has 3 aromatic carbocycles. The van der Waals surface area contributed by atoms with Gasteiger partial charge in [-0.2, -0.15) is 11.8 Å². The second kappa shape index (κ2) is 14.3. The number of benzene rings is 3. The Hall–Kier alpha value is -2.76. The van der Waals surface area contributed by atoms with Crippen molar-refractivity contribution in [2.45, 2.75) is 62.9 Å². The van der Waals surface area contributed by atoms with Crippen molar-refractivity contribution in [2.75, 3.05) is 5.75 Å². The number of hydrogen-bond acceptors (Lipinski definition) is 3. The Morgan fingerprint density at radius 1 is 0.865 bits per heavy atom. The van der Waals surface area contributed by atoms with Gasteiger partial charge in [-0.1, -0.05) is 97.2 Å². The van der Waals surface area contributed by atoms with Gasteiger partial charge in [0.15, 0.2) is 0 Å². The zero-order chi connectivity index (χ0) is 25.9. The van der Waals surface area contributed by atoms with Crippen LogP contribution in [-0.4, -0.2) is 34.6 Å². The average molecular weight is 535 g/mol. The molecule has 0 heterocycles. The van der Waals surface area contributed by atoms with Crippen molar-refractivity contribution < 1.29 is 9.59 Å². The first-order valence-corrected chi connectivity index (χ1v) is 14.6. The molecule has 3 aromatic rings. The molecule has 6 heteroatoms. The number of carbonyl (C=O) groups excluding carboxylic acids is 2. The third kappa shape index (κ3) is 8.65. The summed E-state index contributed by atoms with van der Waals surface area (Å²) in [6.45, 7) is 0.370. The zero-order valence-corrected chi connectivity index (χ0v) is 22.7. The molecule has 0 aromatic heterocycles. The minimum absolute atomic E-state index is 0.00184. The van der Waals surface area contributed by atoms with Crippen LogP contribution in [0.15, 0.2) is 84.9 Å². The van der Waals surface area contributed by atoms with E-state index in [2.05, 4.69) is 17.4 Å². The van der Waals surface area contributed by atoms with Crippen LogP contribution in [0.2, 0.25) is 5.02 Å². The summed E-state index contributed by atoms with van der Waals surface area (Å²) >= 11 is 7.86. The number of rotatable bonds is 12. The van der Waals surface area contributed by atoms with Crippen molar-refractivity contribution >= 4 is 35.2 Å². The average Bonchev–Trinajstić information content (AvgIpc) is 3.44. The van der Waals surface area contributed by atoms with E-state index < -0.39 is 6.04 Å². The first-order chi connectivity index (χ1) is 18.1. The standard InChI is InChI=1S/C31H35ClN2O2S/c32-27-17-15-25(16-18-27)22-34(30(35)19-20-37-23-26-11-5-2-6-12-26)29(21-24-9-3-1-4-10-24)31(36)33-28-13-7-8-14-28/h1-6,9-12,15-18,28-29H,7-8,13-14,19-23H2,(H,33,36)/t29-/m1/s1. The molecule has 1 fully saturated rings. The molecule has 1 aliphatic carbocycles. The van der Waals surface area contributed by atoms with Crippen molar-refractivity contribution in [3.05, 3.63) is 107 Å². The molecule has 37 heavy (non-hydrogen) atoms. The van der Waals surface area contributed by atoms with Crippen LogP contribution in [0.25, 0.3) is 0 Å². The van der Waals surface area contributed by atoms with Crippen LogP contribution in [-0.2, 0) is 28.3 Å². The molecule has 0 radical (unpaired) electrons. The maximum Gasteiger partial charge on any atom is 0.243 e. The predicted molar refractivity (Wildman–Crippen MR) is 154 cm³/mol. The van der Waals surface area contributed by atoms with E-state index >= 15 is 0 Å². The van der Waals surface area contributed by atoms with Gasteiger partial charge < -0.3 is 10.2 Å². The lowest BCUT2D eigenvalue weighted by Crippen LogP contribution is -2.52. The Labute approximate surface area is 229 Å². The summed E-state index contributed by atoms with van der Waals surface area (Å²) in [7, 11) is 0. The highest BCUT2D eigenvalue weighted by molar-refractivity contribution is 7.98. The summed E-state index contributed by atoms with van der Waals surface area (Å²) in [6, 6.07) is 27.4. The number of hydrogen-bond donors (Lipinski definition) is 1. The largest absolute Gasteiger partial charge is 0.352 e. The number of thioether (sulfide) groups is 1. The summed E-state index contributed by atoms with van der Waals surface area (Å²) in [5.74, 6) is 1.50. The molecular formula is C31H35ClN2O2S. The van der Waals surface area contributed by atoms with Gasteiger partial charge in [-0.3, -0.25) is 9.59 Å². The highest BCUT2D eigenvalue weighted by atomic mass is 35.5. The number of amides is 2. The third-order valence-corrected chi connectivity index (χ3v) is 8.09. The van der Waals surface area contributed by atoms with Crippen molar-refractivity contribution in [2.24, 2.45) is 0 Å². The molecule has 1 saturated carbocycles. The lowest BCUT2D eigenvalue weighted by Gasteiger charge is -2.32. The summed E-state index contributed by atoms with van der Waals surface area (Å²) in [6.07, 6.45) is 5.15. The van der Waals surface area contributed by atoms with Crippen LogP contribution in [0.4, 0.5) is 0 Å². The van der Waals surface area contributed by atoms with Crippen LogP contribution >= 0.6 is 23.4 Å². The molecule has 0 saturated heterocycles. The van der Waals surface area contributed by atoms with Gasteiger partial charge in [-0.25, -0.2) is 0 Å². The fraction of sp³-hybridized carbons (Fsp3) is 0.355. The van der Waals surface area contributed by atoms with E-state index in [4.69, 9.17) is 11.6 Å². The van der Waals surface area contributed by atoms with Crippen molar-refractivity contribution in [1.82, 2.24) is 10.2 Å². The van der Waals surface area contributed by atoms with E-state index in [0.29, 0.717) is 30.2 Å². The van der Waals surface area contributed by atoms with Gasteiger partial charge in [0.1, 0.15) is 6.04 Å². The van der Waals surface area contributed by atoms with Crippen LogP contribution in [0.5, 0.6) is 0 Å². The van der Waals surface area contributed by atoms with Gasteiger partial charge in [0.25, 0.3) is 0 Å². The van der Waals surface area contributed by atoms with E-state index in [-0.39, 0.29) is 17.9 Å². The Bertz CT molecular complexity index is 1120. The van der Waals surface area contributed by atoms with E-state index in [1.165, 1.54) is 5.56 Å². The smallest absolute Gasteiger partial charge is 0.243 e. The molecular weight excluding hydrogens is 500 g/mol. The Morgan fingerprint density at radius 3 is 2.14 bits per heavy atom. The number of nitrogens with zero attached hydrogens (tertiary/aromatic N) is 1. The van der Waals surface area contributed by atoms with Crippen LogP contribution in [0, 0.1) is 0 Å². The summed E-state index contributed by atoms with van der Waals surface area (Å²) in [4.78, 5) is 29.2. The molecule has 0 aliphatic heterocycles. The molecule has 1 N–H and O–H groups in total. The number of halogens is 1. The quantitative estimate of drug-likeness (QED) is 0.264. The monoisotopic (exact) mass is 534 g/mol. The Balaban J connectivity index is 1.52. The molecule has 0 spiro atoms. The second-order valence-electron chi connectivity index (χ2n) is 9.63. The highest BCUT2D eigenvalue weighted by Crippen LogP contribution is 2.22. The van der Waals surface area contributed by atoms with Gasteiger partial charge in [0.2, 0.25) is 11.8 Å². The van der Waals surface area contributed by atoms with Crippen molar-refractivity contribution in [1.29, 1.82) is 0 Å². The van der Waals surface area contributed by atoms with Crippen molar-refractivity contribution in [3.8, 4) is 0 Å². The van der Waals surface area contributed by atoms with E-state index in [1.54, 1.807) is 16.7 Å². The lowest BCUT2D eigenvalue weighted by atomic mass is 10.0. The van der Waals surface area contributed by atoms with Crippen LogP contribution in [0.1, 0.15) is 48.8 Å². The molecule has 0 unspecified atom stereocenters. The minimum atomic E-state index is -0.578. The summed E-state index contributed by atoms with van der Waals surface area (Å²) in [5.41, 5.74) is 3.25. The van der Waals surface area contributed by atoms with Crippen LogP contribution < -0.4 is 5.32 Å². The maximum absolute atomic E-state index is 13.7. The fourth-order valence-corrected chi connectivity index (χ4v) is 5.79. The lowest BCUT2D eigenvalue weighted by molar-refractivity contribution is -0.141. The third-order valence-electron chi connectivity index (χ3n) is 6.81. The van der Waals surface area contributed by atoms with E-state index in [1.807, 2.05) is 72.8 Å². The first kappa shape index (κ1) is 27.3. The van der Waals surface area contributed by atoms with Gasteiger partial charge in [-0.15, -0.1) is 0 Å². The minimum Gasteiger partial charge on any atom is -0.352 e. The molecule has 1 atom stereocenters. The number of carbonyl (C=O) groups is 2. The molecule has 1 aliphatic rings. The maximum atomic E-state index is 13.7. The van der Waals surface area contributed by atoms with Gasteiger partial charge >= 0.3 is 0 Å².